The maximum Gasteiger partial charge on any atom is 0.300 e. The molecule has 1 aromatic heterocycles. The first-order valence-corrected chi connectivity index (χ1v) is 10.2. The van der Waals surface area contributed by atoms with Gasteiger partial charge in [0.05, 0.1) is 13.2 Å². The first kappa shape index (κ1) is 18.5. The van der Waals surface area contributed by atoms with E-state index in [0.29, 0.717) is 6.01 Å². The maximum absolute atomic E-state index is 6.06. The van der Waals surface area contributed by atoms with E-state index in [-0.39, 0.29) is 0 Å². The van der Waals surface area contributed by atoms with Crippen molar-refractivity contribution in [3.8, 4) is 0 Å². The minimum atomic E-state index is 0.535. The zero-order valence-electron chi connectivity index (χ0n) is 15.5. The molecule has 0 unspecified atom stereocenters. The lowest BCUT2D eigenvalue weighted by Gasteiger charge is -2.26. The van der Waals surface area contributed by atoms with Crippen molar-refractivity contribution in [2.75, 3.05) is 38.2 Å². The first-order valence-electron chi connectivity index (χ1n) is 9.40. The Morgan fingerprint density at radius 1 is 1.15 bits per heavy atom. The van der Waals surface area contributed by atoms with E-state index >= 15 is 0 Å². The molecule has 0 amide bonds. The Bertz CT molecular complexity index is 902. The van der Waals surface area contributed by atoms with Crippen molar-refractivity contribution in [1.82, 2.24) is 9.88 Å². The summed E-state index contributed by atoms with van der Waals surface area (Å²) in [4.78, 5) is 7.10. The zero-order valence-corrected chi connectivity index (χ0v) is 17.1. The average molecular weight is 430 g/mol. The van der Waals surface area contributed by atoms with Crippen molar-refractivity contribution in [2.24, 2.45) is 0 Å². The molecule has 0 spiro atoms. The molecule has 0 radical (unpaired) electrons. The molecule has 0 bridgehead atoms. The number of anilines is 2. The number of rotatable bonds is 6. The van der Waals surface area contributed by atoms with E-state index < -0.39 is 0 Å². The summed E-state index contributed by atoms with van der Waals surface area (Å²) >= 11 is 3.45. The Kier molecular flexibility index (Phi) is 5.76. The van der Waals surface area contributed by atoms with Gasteiger partial charge in [-0.05, 0) is 67.8 Å². The third-order valence-electron chi connectivity index (χ3n) is 4.83. The van der Waals surface area contributed by atoms with Crippen LogP contribution in [-0.2, 0) is 11.2 Å². The van der Waals surface area contributed by atoms with Gasteiger partial charge in [-0.1, -0.05) is 22.0 Å². The van der Waals surface area contributed by atoms with Crippen molar-refractivity contribution >= 4 is 38.7 Å². The van der Waals surface area contributed by atoms with Gasteiger partial charge in [0.25, 0.3) is 6.01 Å². The Morgan fingerprint density at radius 2 is 1.93 bits per heavy atom. The van der Waals surface area contributed by atoms with Crippen LogP contribution in [0.1, 0.15) is 17.5 Å². The van der Waals surface area contributed by atoms with E-state index in [9.17, 15) is 0 Å². The Labute approximate surface area is 167 Å². The monoisotopic (exact) mass is 429 g/mol. The highest BCUT2D eigenvalue weighted by atomic mass is 79.9. The molecule has 1 saturated heterocycles. The summed E-state index contributed by atoms with van der Waals surface area (Å²) in [5.74, 6) is 0. The molecule has 1 aliphatic rings. The number of oxazole rings is 1. The quantitative estimate of drug-likeness (QED) is 0.603. The van der Waals surface area contributed by atoms with E-state index in [0.717, 1.165) is 66.9 Å². The van der Waals surface area contributed by atoms with Crippen molar-refractivity contribution < 1.29 is 9.15 Å². The van der Waals surface area contributed by atoms with E-state index in [1.165, 1.54) is 11.1 Å². The minimum absolute atomic E-state index is 0.535. The predicted octanol–water partition coefficient (Wildman–Crippen LogP) is 4.91. The standard InChI is InChI=1S/C21H24BrN3O2/c1-15-13-16(3-2-8-25-9-11-26-12-10-25)20-19(14-15)24-21(27-20)23-18-6-4-17(22)5-7-18/h4-7,13-14H,2-3,8-12H2,1H3,(H,23,24). The molecule has 2 aromatic carbocycles. The van der Waals surface area contributed by atoms with Gasteiger partial charge >= 0.3 is 0 Å². The molecule has 1 N–H and O–H groups in total. The van der Waals surface area contributed by atoms with Crippen LogP contribution in [0.3, 0.4) is 0 Å². The average Bonchev–Trinajstić information content (AvgIpc) is 3.07. The van der Waals surface area contributed by atoms with Crippen LogP contribution in [0.15, 0.2) is 45.3 Å². The summed E-state index contributed by atoms with van der Waals surface area (Å²) in [6, 6.07) is 12.8. The molecule has 4 rings (SSSR count). The number of morpholine rings is 1. The highest BCUT2D eigenvalue weighted by molar-refractivity contribution is 9.10. The fraction of sp³-hybridized carbons (Fsp3) is 0.381. The molecule has 142 valence electrons. The number of nitrogens with one attached hydrogen (secondary N) is 1. The Morgan fingerprint density at radius 3 is 2.70 bits per heavy atom. The maximum atomic E-state index is 6.06. The first-order chi connectivity index (χ1) is 13.2. The highest BCUT2D eigenvalue weighted by Crippen LogP contribution is 2.27. The number of fused-ring (bicyclic) bond motifs is 1. The molecular weight excluding hydrogens is 406 g/mol. The van der Waals surface area contributed by atoms with E-state index in [1.54, 1.807) is 0 Å². The van der Waals surface area contributed by atoms with Crippen molar-refractivity contribution in [2.45, 2.75) is 19.8 Å². The number of hydrogen-bond acceptors (Lipinski definition) is 5. The Hall–Kier alpha value is -1.89. The lowest BCUT2D eigenvalue weighted by molar-refractivity contribution is 0.0375. The van der Waals surface area contributed by atoms with Crippen molar-refractivity contribution in [3.63, 3.8) is 0 Å². The van der Waals surface area contributed by atoms with Gasteiger partial charge in [-0.15, -0.1) is 0 Å². The third kappa shape index (κ3) is 4.69. The molecule has 0 atom stereocenters. The van der Waals surface area contributed by atoms with E-state index in [1.807, 2.05) is 24.3 Å². The van der Waals surface area contributed by atoms with E-state index in [4.69, 9.17) is 9.15 Å². The summed E-state index contributed by atoms with van der Waals surface area (Å²) in [5, 5.41) is 3.25. The molecule has 27 heavy (non-hydrogen) atoms. The van der Waals surface area contributed by atoms with Gasteiger partial charge in [0, 0.05) is 23.2 Å². The van der Waals surface area contributed by atoms with Crippen LogP contribution >= 0.6 is 15.9 Å². The third-order valence-corrected chi connectivity index (χ3v) is 5.36. The van der Waals surface area contributed by atoms with Gasteiger partial charge in [-0.3, -0.25) is 4.90 Å². The normalized spacial score (nSPS) is 15.3. The molecule has 2 heterocycles. The summed E-state index contributed by atoms with van der Waals surface area (Å²) in [6.07, 6.45) is 2.09. The van der Waals surface area contributed by atoms with Crippen molar-refractivity contribution in [3.05, 3.63) is 52.0 Å². The van der Waals surface area contributed by atoms with Crippen LogP contribution in [0.5, 0.6) is 0 Å². The molecular formula is C21H24BrN3O2. The van der Waals surface area contributed by atoms with Gasteiger partial charge in [0.1, 0.15) is 5.52 Å². The summed E-state index contributed by atoms with van der Waals surface area (Å²) < 4.78 is 12.5. The molecule has 1 aliphatic heterocycles. The van der Waals surface area contributed by atoms with Gasteiger partial charge in [-0.2, -0.15) is 4.98 Å². The summed E-state index contributed by atoms with van der Waals surface area (Å²) in [5.41, 5.74) is 5.20. The largest absolute Gasteiger partial charge is 0.423 e. The van der Waals surface area contributed by atoms with E-state index in [2.05, 4.69) is 50.2 Å². The lowest BCUT2D eigenvalue weighted by atomic mass is 10.1. The van der Waals surface area contributed by atoms with Gasteiger partial charge in [0.15, 0.2) is 5.58 Å². The van der Waals surface area contributed by atoms with Gasteiger partial charge < -0.3 is 14.5 Å². The van der Waals surface area contributed by atoms with Crippen molar-refractivity contribution in [1.29, 1.82) is 0 Å². The molecule has 0 saturated carbocycles. The smallest absolute Gasteiger partial charge is 0.300 e. The second-order valence-electron chi connectivity index (χ2n) is 6.98. The van der Waals surface area contributed by atoms with Crippen LogP contribution in [0.25, 0.3) is 11.1 Å². The predicted molar refractivity (Wildman–Crippen MR) is 112 cm³/mol. The number of nitrogens with zero attached hydrogens (tertiary/aromatic N) is 2. The van der Waals surface area contributed by atoms with Crippen LogP contribution in [0, 0.1) is 6.92 Å². The lowest BCUT2D eigenvalue weighted by Crippen LogP contribution is -2.36. The number of aromatic nitrogens is 1. The second-order valence-corrected chi connectivity index (χ2v) is 7.90. The highest BCUT2D eigenvalue weighted by Gasteiger charge is 2.13. The fourth-order valence-corrected chi connectivity index (χ4v) is 3.74. The molecule has 6 heteroatoms. The van der Waals surface area contributed by atoms with Crippen LogP contribution in [0.4, 0.5) is 11.7 Å². The molecule has 1 fully saturated rings. The fourth-order valence-electron chi connectivity index (χ4n) is 3.47. The number of aryl methyl sites for hydroxylation is 2. The number of benzene rings is 2. The summed E-state index contributed by atoms with van der Waals surface area (Å²) in [7, 11) is 0. The van der Waals surface area contributed by atoms with Crippen LogP contribution in [0.2, 0.25) is 0 Å². The van der Waals surface area contributed by atoms with Crippen LogP contribution < -0.4 is 5.32 Å². The molecule has 3 aromatic rings. The molecule has 0 aliphatic carbocycles. The SMILES string of the molecule is Cc1cc(CCCN2CCOCC2)c2oc(Nc3ccc(Br)cc3)nc2c1. The van der Waals surface area contributed by atoms with Gasteiger partial charge in [-0.25, -0.2) is 0 Å². The summed E-state index contributed by atoms with van der Waals surface area (Å²) in [6.45, 7) is 6.97. The van der Waals surface area contributed by atoms with Gasteiger partial charge in [0.2, 0.25) is 0 Å². The second kappa shape index (κ2) is 8.42. The van der Waals surface area contributed by atoms with Crippen LogP contribution in [-0.4, -0.2) is 42.7 Å². The topological polar surface area (TPSA) is 50.5 Å². The number of halogens is 1. The minimum Gasteiger partial charge on any atom is -0.423 e. The molecule has 5 nitrogen and oxygen atoms in total. The number of ether oxygens (including phenoxy) is 1. The number of hydrogen-bond donors (Lipinski definition) is 1. The Balaban J connectivity index is 1.48. The zero-order chi connectivity index (χ0) is 18.6.